The highest BCUT2D eigenvalue weighted by atomic mass is 16.5. The molecule has 1 aromatic carbocycles. The largest absolute Gasteiger partial charge is 0.497 e. The third kappa shape index (κ3) is 4.76. The molecule has 0 atom stereocenters. The zero-order chi connectivity index (χ0) is 18.2. The minimum atomic E-state index is -0.237. The molecule has 3 aromatic rings. The number of aromatic nitrogens is 3. The summed E-state index contributed by atoms with van der Waals surface area (Å²) in [6.07, 6.45) is 5.75. The molecule has 132 valence electrons. The van der Waals surface area contributed by atoms with Crippen LogP contribution in [-0.4, -0.2) is 34.5 Å². The summed E-state index contributed by atoms with van der Waals surface area (Å²) in [6, 6.07) is 12.8. The van der Waals surface area contributed by atoms with E-state index in [1.54, 1.807) is 31.8 Å². The van der Waals surface area contributed by atoms with Crippen molar-refractivity contribution < 1.29 is 9.53 Å². The summed E-state index contributed by atoms with van der Waals surface area (Å²) in [6.45, 7) is 0.522. The van der Waals surface area contributed by atoms with Crippen molar-refractivity contribution >= 4 is 17.5 Å². The summed E-state index contributed by atoms with van der Waals surface area (Å²) in [5, 5.41) is 5.93. The first-order valence-corrected chi connectivity index (χ1v) is 8.16. The Morgan fingerprint density at radius 2 is 1.81 bits per heavy atom. The van der Waals surface area contributed by atoms with E-state index in [-0.39, 0.29) is 5.91 Å². The number of anilines is 2. The van der Waals surface area contributed by atoms with E-state index in [2.05, 4.69) is 25.6 Å². The second kappa shape index (κ2) is 8.57. The molecule has 7 heteroatoms. The summed E-state index contributed by atoms with van der Waals surface area (Å²) < 4.78 is 5.12. The minimum Gasteiger partial charge on any atom is -0.497 e. The second-order valence-corrected chi connectivity index (χ2v) is 5.48. The van der Waals surface area contributed by atoms with Gasteiger partial charge in [-0.05, 0) is 54.4 Å². The van der Waals surface area contributed by atoms with E-state index in [0.717, 1.165) is 23.4 Å². The lowest BCUT2D eigenvalue weighted by molar-refractivity contribution is 0.0949. The van der Waals surface area contributed by atoms with Crippen molar-refractivity contribution in [1.82, 2.24) is 20.3 Å². The monoisotopic (exact) mass is 349 g/mol. The van der Waals surface area contributed by atoms with E-state index in [1.165, 1.54) is 0 Å². The van der Waals surface area contributed by atoms with Crippen molar-refractivity contribution in [2.45, 2.75) is 6.42 Å². The fourth-order valence-electron chi connectivity index (χ4n) is 2.31. The summed E-state index contributed by atoms with van der Waals surface area (Å²) >= 11 is 0. The zero-order valence-electron chi connectivity index (χ0n) is 14.3. The molecule has 0 fully saturated rings. The number of rotatable bonds is 7. The molecular weight excluding hydrogens is 330 g/mol. The Hall–Kier alpha value is -3.48. The molecule has 2 heterocycles. The molecule has 26 heavy (non-hydrogen) atoms. The molecule has 0 aliphatic heterocycles. The maximum Gasteiger partial charge on any atom is 0.270 e. The number of benzene rings is 1. The van der Waals surface area contributed by atoms with Crippen molar-refractivity contribution in [2.75, 3.05) is 19.0 Å². The van der Waals surface area contributed by atoms with E-state index < -0.39 is 0 Å². The average molecular weight is 349 g/mol. The van der Waals surface area contributed by atoms with E-state index in [0.29, 0.717) is 18.2 Å². The molecule has 0 saturated heterocycles. The van der Waals surface area contributed by atoms with Gasteiger partial charge < -0.3 is 15.4 Å². The number of amides is 1. The third-order valence-electron chi connectivity index (χ3n) is 3.68. The van der Waals surface area contributed by atoms with Gasteiger partial charge in [0.05, 0.1) is 7.11 Å². The quantitative estimate of drug-likeness (QED) is 0.681. The van der Waals surface area contributed by atoms with E-state index in [1.807, 2.05) is 36.4 Å². The van der Waals surface area contributed by atoms with Crippen LogP contribution in [0.1, 0.15) is 16.1 Å². The first kappa shape index (κ1) is 17.3. The maximum absolute atomic E-state index is 12.3. The van der Waals surface area contributed by atoms with Gasteiger partial charge in [0, 0.05) is 30.8 Å². The van der Waals surface area contributed by atoms with Crippen LogP contribution in [0.15, 0.2) is 61.1 Å². The average Bonchev–Trinajstić information content (AvgIpc) is 2.69. The van der Waals surface area contributed by atoms with Gasteiger partial charge in [0.1, 0.15) is 11.4 Å². The van der Waals surface area contributed by atoms with Crippen LogP contribution in [0.25, 0.3) is 0 Å². The molecule has 0 radical (unpaired) electrons. The Bertz CT molecular complexity index is 853. The number of pyridine rings is 1. The summed E-state index contributed by atoms with van der Waals surface area (Å²) in [4.78, 5) is 24.6. The first-order valence-electron chi connectivity index (χ1n) is 8.16. The van der Waals surface area contributed by atoms with Crippen LogP contribution >= 0.6 is 0 Å². The van der Waals surface area contributed by atoms with E-state index >= 15 is 0 Å². The highest BCUT2D eigenvalue weighted by Crippen LogP contribution is 2.17. The van der Waals surface area contributed by atoms with Crippen molar-refractivity contribution in [3.8, 4) is 5.75 Å². The lowest BCUT2D eigenvalue weighted by Gasteiger charge is -2.08. The Balaban J connectivity index is 1.58. The zero-order valence-corrected chi connectivity index (χ0v) is 14.3. The van der Waals surface area contributed by atoms with Crippen molar-refractivity contribution in [3.63, 3.8) is 0 Å². The van der Waals surface area contributed by atoms with Gasteiger partial charge in [-0.25, -0.2) is 9.97 Å². The topological polar surface area (TPSA) is 89.0 Å². The number of ether oxygens (including phenoxy) is 1. The predicted molar refractivity (Wildman–Crippen MR) is 98.6 cm³/mol. The second-order valence-electron chi connectivity index (χ2n) is 5.48. The summed E-state index contributed by atoms with van der Waals surface area (Å²) in [5.41, 5.74) is 2.23. The summed E-state index contributed by atoms with van der Waals surface area (Å²) in [7, 11) is 1.61. The van der Waals surface area contributed by atoms with Crippen LogP contribution in [0.5, 0.6) is 5.75 Å². The molecule has 2 N–H and O–H groups in total. The molecular formula is C19H19N5O2. The lowest BCUT2D eigenvalue weighted by atomic mass is 10.2. The molecule has 0 bridgehead atoms. The van der Waals surface area contributed by atoms with Gasteiger partial charge in [-0.15, -0.1) is 0 Å². The molecule has 0 saturated carbocycles. The van der Waals surface area contributed by atoms with E-state index in [9.17, 15) is 4.79 Å². The molecule has 0 unspecified atom stereocenters. The number of nitrogens with one attached hydrogen (secondary N) is 2. The van der Waals surface area contributed by atoms with Crippen LogP contribution in [0.3, 0.4) is 0 Å². The van der Waals surface area contributed by atoms with Gasteiger partial charge in [-0.3, -0.25) is 9.78 Å². The van der Waals surface area contributed by atoms with Crippen LogP contribution in [0.2, 0.25) is 0 Å². The number of hydrogen-bond donors (Lipinski definition) is 2. The van der Waals surface area contributed by atoms with Crippen LogP contribution in [0, 0.1) is 0 Å². The van der Waals surface area contributed by atoms with Crippen molar-refractivity contribution in [1.29, 1.82) is 0 Å². The minimum absolute atomic E-state index is 0.237. The number of nitrogens with zero attached hydrogens (tertiary/aromatic N) is 3. The third-order valence-corrected chi connectivity index (χ3v) is 3.68. The van der Waals surface area contributed by atoms with Gasteiger partial charge in [-0.2, -0.15) is 0 Å². The van der Waals surface area contributed by atoms with Gasteiger partial charge in [-0.1, -0.05) is 0 Å². The molecule has 2 aromatic heterocycles. The van der Waals surface area contributed by atoms with Crippen LogP contribution < -0.4 is 15.4 Å². The SMILES string of the molecule is COc1ccc(Nc2nccc(C(=O)NCCc3ccncc3)n2)cc1. The van der Waals surface area contributed by atoms with Crippen LogP contribution in [0.4, 0.5) is 11.6 Å². The van der Waals surface area contributed by atoms with Gasteiger partial charge in [0.15, 0.2) is 0 Å². The Morgan fingerprint density at radius 3 is 2.54 bits per heavy atom. The Labute approximate surface area is 151 Å². The van der Waals surface area contributed by atoms with Gasteiger partial charge in [0.2, 0.25) is 5.95 Å². The maximum atomic E-state index is 12.3. The predicted octanol–water partition coefficient (Wildman–Crippen LogP) is 2.60. The van der Waals surface area contributed by atoms with Crippen molar-refractivity contribution in [2.24, 2.45) is 0 Å². The fourth-order valence-corrected chi connectivity index (χ4v) is 2.31. The lowest BCUT2D eigenvalue weighted by Crippen LogP contribution is -2.26. The smallest absolute Gasteiger partial charge is 0.270 e. The molecule has 0 aliphatic carbocycles. The Kier molecular flexibility index (Phi) is 5.72. The normalized spacial score (nSPS) is 10.2. The molecule has 1 amide bonds. The first-order chi connectivity index (χ1) is 12.7. The highest BCUT2D eigenvalue weighted by molar-refractivity contribution is 5.92. The fraction of sp³-hybridized carbons (Fsp3) is 0.158. The standard InChI is InChI=1S/C19H19N5O2/c1-26-16-4-2-15(3-5-16)23-19-22-13-9-17(24-19)18(25)21-12-8-14-6-10-20-11-7-14/h2-7,9-11,13H,8,12H2,1H3,(H,21,25)(H,22,23,24). The van der Waals surface area contributed by atoms with Crippen LogP contribution in [-0.2, 0) is 6.42 Å². The Morgan fingerprint density at radius 1 is 1.04 bits per heavy atom. The molecule has 0 spiro atoms. The number of methoxy groups -OCH3 is 1. The number of carbonyl (C=O) groups excluding carboxylic acids is 1. The summed E-state index contributed by atoms with van der Waals surface area (Å²) in [5.74, 6) is 0.884. The van der Waals surface area contributed by atoms with Gasteiger partial charge in [0.25, 0.3) is 5.91 Å². The van der Waals surface area contributed by atoms with Crippen molar-refractivity contribution in [3.05, 3.63) is 72.3 Å². The van der Waals surface area contributed by atoms with Gasteiger partial charge >= 0.3 is 0 Å². The molecule has 7 nitrogen and oxygen atoms in total. The number of hydrogen-bond acceptors (Lipinski definition) is 6. The number of carbonyl (C=O) groups is 1. The van der Waals surface area contributed by atoms with E-state index in [4.69, 9.17) is 4.74 Å². The molecule has 0 aliphatic rings. The highest BCUT2D eigenvalue weighted by Gasteiger charge is 2.08. The molecule has 3 rings (SSSR count).